The van der Waals surface area contributed by atoms with Crippen molar-refractivity contribution in [2.45, 2.75) is 13.0 Å². The lowest BCUT2D eigenvalue weighted by Crippen LogP contribution is -2.26. The molecule has 0 saturated carbocycles. The van der Waals surface area contributed by atoms with Gasteiger partial charge in [0.1, 0.15) is 0 Å². The third-order valence-corrected chi connectivity index (χ3v) is 6.22. The number of pyridine rings is 1. The largest absolute Gasteiger partial charge is 0.374 e. The Labute approximate surface area is 201 Å². The summed E-state index contributed by atoms with van der Waals surface area (Å²) in [5, 5.41) is 13.7. The third-order valence-electron chi connectivity index (χ3n) is 6.22. The number of hydrogen-bond acceptors (Lipinski definition) is 5. The summed E-state index contributed by atoms with van der Waals surface area (Å²) in [6, 6.07) is 19.5. The highest BCUT2D eigenvalue weighted by Crippen LogP contribution is 2.30. The van der Waals surface area contributed by atoms with E-state index in [9.17, 15) is 4.79 Å². The van der Waals surface area contributed by atoms with Gasteiger partial charge in [-0.25, -0.2) is 9.50 Å². The van der Waals surface area contributed by atoms with E-state index in [1.165, 1.54) is 0 Å². The standard InChI is InChI=1S/C27H23N7O/c1-18(31-23-11-12-29-33-14-13-28-26(23)33)24-15-19-7-6-10-22(20-16-30-32(2)17-20)25(19)27(35)34(24)21-8-4-3-5-9-21/h3-18,31H,1-2H3. The lowest BCUT2D eigenvalue weighted by Gasteiger charge is -2.22. The number of imidazole rings is 1. The van der Waals surface area contributed by atoms with Crippen LogP contribution in [0.5, 0.6) is 0 Å². The summed E-state index contributed by atoms with van der Waals surface area (Å²) >= 11 is 0. The van der Waals surface area contributed by atoms with Crippen molar-refractivity contribution in [2.75, 3.05) is 5.32 Å². The van der Waals surface area contributed by atoms with Crippen molar-refractivity contribution in [2.24, 2.45) is 7.05 Å². The first kappa shape index (κ1) is 20.9. The summed E-state index contributed by atoms with van der Waals surface area (Å²) in [4.78, 5) is 18.6. The zero-order valence-electron chi connectivity index (χ0n) is 19.3. The van der Waals surface area contributed by atoms with Crippen molar-refractivity contribution in [1.82, 2.24) is 28.9 Å². The van der Waals surface area contributed by atoms with Gasteiger partial charge in [0.2, 0.25) is 0 Å². The summed E-state index contributed by atoms with van der Waals surface area (Å²) < 4.78 is 5.26. The molecule has 0 aliphatic rings. The maximum Gasteiger partial charge on any atom is 0.263 e. The van der Waals surface area contributed by atoms with Gasteiger partial charge >= 0.3 is 0 Å². The summed E-state index contributed by atoms with van der Waals surface area (Å²) in [5.41, 5.74) is 4.93. The van der Waals surface area contributed by atoms with Crippen LogP contribution in [0.1, 0.15) is 18.7 Å². The number of benzene rings is 2. The van der Waals surface area contributed by atoms with E-state index in [2.05, 4.69) is 26.6 Å². The van der Waals surface area contributed by atoms with Crippen LogP contribution in [0, 0.1) is 0 Å². The van der Waals surface area contributed by atoms with Crippen LogP contribution in [0.15, 0.2) is 96.4 Å². The van der Waals surface area contributed by atoms with Crippen LogP contribution in [-0.2, 0) is 7.05 Å². The molecule has 0 aliphatic heterocycles. The van der Waals surface area contributed by atoms with Gasteiger partial charge in [-0.3, -0.25) is 14.0 Å². The zero-order valence-corrected chi connectivity index (χ0v) is 19.3. The van der Waals surface area contributed by atoms with E-state index in [1.807, 2.05) is 74.8 Å². The van der Waals surface area contributed by atoms with E-state index in [0.717, 1.165) is 39.2 Å². The minimum absolute atomic E-state index is 0.0718. The molecule has 0 bridgehead atoms. The molecule has 0 amide bonds. The molecule has 0 fully saturated rings. The molecule has 6 rings (SSSR count). The number of rotatable bonds is 5. The van der Waals surface area contributed by atoms with Crippen molar-refractivity contribution in [3.8, 4) is 16.8 Å². The highest BCUT2D eigenvalue weighted by Gasteiger charge is 2.20. The van der Waals surface area contributed by atoms with Crippen molar-refractivity contribution in [3.05, 3.63) is 108 Å². The predicted molar refractivity (Wildman–Crippen MR) is 137 cm³/mol. The van der Waals surface area contributed by atoms with Gasteiger partial charge in [-0.2, -0.15) is 10.2 Å². The van der Waals surface area contributed by atoms with Gasteiger partial charge in [-0.1, -0.05) is 36.4 Å². The average Bonchev–Trinajstić information content (AvgIpc) is 3.53. The number of anilines is 1. The number of nitrogens with zero attached hydrogens (tertiary/aromatic N) is 6. The van der Waals surface area contributed by atoms with Crippen LogP contribution in [0.2, 0.25) is 0 Å². The minimum atomic E-state index is -0.197. The summed E-state index contributed by atoms with van der Waals surface area (Å²) in [6.45, 7) is 2.05. The number of aryl methyl sites for hydroxylation is 1. The second-order valence-corrected chi connectivity index (χ2v) is 8.52. The van der Waals surface area contributed by atoms with Crippen molar-refractivity contribution < 1.29 is 0 Å². The number of hydrogen-bond donors (Lipinski definition) is 1. The topological polar surface area (TPSA) is 82.0 Å². The molecule has 1 unspecified atom stereocenters. The fourth-order valence-electron chi connectivity index (χ4n) is 4.60. The molecule has 8 heteroatoms. The molecule has 0 saturated heterocycles. The minimum Gasteiger partial charge on any atom is -0.374 e. The molecule has 1 N–H and O–H groups in total. The van der Waals surface area contributed by atoms with Gasteiger partial charge in [-0.05, 0) is 42.1 Å². The van der Waals surface area contributed by atoms with Gasteiger partial charge < -0.3 is 5.32 Å². The first-order valence-electron chi connectivity index (χ1n) is 11.4. The Morgan fingerprint density at radius 1 is 0.971 bits per heavy atom. The normalized spacial score (nSPS) is 12.3. The second kappa shape index (κ2) is 8.25. The molecule has 0 aliphatic carbocycles. The van der Waals surface area contributed by atoms with Crippen LogP contribution in [0.3, 0.4) is 0 Å². The Morgan fingerprint density at radius 3 is 2.63 bits per heavy atom. The van der Waals surface area contributed by atoms with Gasteiger partial charge in [-0.15, -0.1) is 0 Å². The smallest absolute Gasteiger partial charge is 0.263 e. The molecule has 2 aromatic carbocycles. The van der Waals surface area contributed by atoms with Gasteiger partial charge in [0.05, 0.1) is 29.5 Å². The Morgan fingerprint density at radius 2 is 1.83 bits per heavy atom. The van der Waals surface area contributed by atoms with E-state index in [-0.39, 0.29) is 11.6 Å². The average molecular weight is 462 g/mol. The van der Waals surface area contributed by atoms with E-state index >= 15 is 0 Å². The Balaban J connectivity index is 1.57. The van der Waals surface area contributed by atoms with Crippen molar-refractivity contribution in [3.63, 3.8) is 0 Å². The van der Waals surface area contributed by atoms with Gasteiger partial charge in [0, 0.05) is 42.6 Å². The van der Waals surface area contributed by atoms with Crippen molar-refractivity contribution in [1.29, 1.82) is 0 Å². The first-order chi connectivity index (χ1) is 17.1. The molecule has 0 spiro atoms. The van der Waals surface area contributed by atoms with Crippen LogP contribution in [0.25, 0.3) is 33.2 Å². The highest BCUT2D eigenvalue weighted by atomic mass is 16.1. The molecule has 4 aromatic heterocycles. The molecule has 0 radical (unpaired) electrons. The van der Waals surface area contributed by atoms with Crippen LogP contribution in [0.4, 0.5) is 5.69 Å². The zero-order chi connectivity index (χ0) is 23.9. The molecule has 6 aromatic rings. The molecular weight excluding hydrogens is 438 g/mol. The van der Waals surface area contributed by atoms with Crippen LogP contribution >= 0.6 is 0 Å². The molecule has 35 heavy (non-hydrogen) atoms. The Kier molecular flexibility index (Phi) is 4.92. The molecule has 4 heterocycles. The SMILES string of the molecule is CC(Nc1ccnn2ccnc12)c1cc2cccc(-c3cnn(C)c3)c2c(=O)n1-c1ccccc1. The predicted octanol–water partition coefficient (Wildman–Crippen LogP) is 4.61. The molecule has 172 valence electrons. The second-order valence-electron chi connectivity index (χ2n) is 8.52. The number of aromatic nitrogens is 6. The number of fused-ring (bicyclic) bond motifs is 2. The molecular formula is C27H23N7O. The number of nitrogens with one attached hydrogen (secondary N) is 1. The van der Waals surface area contributed by atoms with E-state index in [4.69, 9.17) is 0 Å². The fourth-order valence-corrected chi connectivity index (χ4v) is 4.60. The van der Waals surface area contributed by atoms with Gasteiger partial charge in [0.15, 0.2) is 5.65 Å². The quantitative estimate of drug-likeness (QED) is 0.406. The van der Waals surface area contributed by atoms with E-state index in [0.29, 0.717) is 5.39 Å². The Bertz CT molecular complexity index is 1730. The molecule has 8 nitrogen and oxygen atoms in total. The molecule has 1 atom stereocenters. The Hall–Kier alpha value is -4.72. The summed E-state index contributed by atoms with van der Waals surface area (Å²) in [5.74, 6) is 0. The van der Waals surface area contributed by atoms with Gasteiger partial charge in [0.25, 0.3) is 5.56 Å². The highest BCUT2D eigenvalue weighted by molar-refractivity contribution is 5.96. The van der Waals surface area contributed by atoms with E-state index < -0.39 is 0 Å². The lowest BCUT2D eigenvalue weighted by molar-refractivity contribution is 0.768. The van der Waals surface area contributed by atoms with Crippen LogP contribution in [-0.4, -0.2) is 28.9 Å². The maximum absolute atomic E-state index is 14.2. The lowest BCUT2D eigenvalue weighted by atomic mass is 9.99. The fraction of sp³-hybridized carbons (Fsp3) is 0.111. The maximum atomic E-state index is 14.2. The van der Waals surface area contributed by atoms with Crippen molar-refractivity contribution >= 4 is 22.1 Å². The van der Waals surface area contributed by atoms with E-state index in [1.54, 1.807) is 38.6 Å². The van der Waals surface area contributed by atoms with Crippen LogP contribution < -0.4 is 10.9 Å². The summed E-state index contributed by atoms with van der Waals surface area (Å²) in [7, 11) is 1.87. The number of para-hydroxylation sites is 1. The monoisotopic (exact) mass is 461 g/mol. The summed E-state index contributed by atoms with van der Waals surface area (Å²) in [6.07, 6.45) is 8.97. The first-order valence-corrected chi connectivity index (χ1v) is 11.4. The third kappa shape index (κ3) is 3.56.